The Morgan fingerprint density at radius 2 is 2.00 bits per heavy atom. The number of nitro groups is 1. The van der Waals surface area contributed by atoms with Crippen molar-refractivity contribution in [3.63, 3.8) is 0 Å². The number of carbonyl (C=O) groups is 3. The first kappa shape index (κ1) is 21.5. The van der Waals surface area contributed by atoms with Gasteiger partial charge in [0.15, 0.2) is 0 Å². The van der Waals surface area contributed by atoms with Gasteiger partial charge in [-0.2, -0.15) is 0 Å². The SMILES string of the molecule is NC(=O)CN1C(=O)S/C(=C\c2cc(Br)ccc2OCc2ccccc2[N+](=O)[O-])C1=O. The van der Waals surface area contributed by atoms with Crippen LogP contribution in [0.5, 0.6) is 5.75 Å². The highest BCUT2D eigenvalue weighted by molar-refractivity contribution is 9.10. The standard InChI is InChI=1S/C19H14BrN3O6S/c20-13-5-6-15(29-10-11-3-1-2-4-14(11)23(27)28)12(7-13)8-16-18(25)22(9-17(21)24)19(26)30-16/h1-8H,9-10H2,(H2,21,24)/b16-8-. The zero-order valence-electron chi connectivity index (χ0n) is 15.2. The van der Waals surface area contributed by atoms with E-state index in [-0.39, 0.29) is 17.2 Å². The van der Waals surface area contributed by atoms with E-state index in [0.717, 1.165) is 4.90 Å². The average molecular weight is 492 g/mol. The molecule has 30 heavy (non-hydrogen) atoms. The van der Waals surface area contributed by atoms with E-state index in [4.69, 9.17) is 10.5 Å². The molecule has 2 aromatic rings. The van der Waals surface area contributed by atoms with Crippen LogP contribution in [0.3, 0.4) is 0 Å². The molecule has 0 bridgehead atoms. The summed E-state index contributed by atoms with van der Waals surface area (Å²) >= 11 is 4.02. The minimum absolute atomic E-state index is 0.0660. The second kappa shape index (κ2) is 9.09. The summed E-state index contributed by atoms with van der Waals surface area (Å²) in [6.07, 6.45) is 1.46. The van der Waals surface area contributed by atoms with Crippen molar-refractivity contribution >= 4 is 56.5 Å². The van der Waals surface area contributed by atoms with Gasteiger partial charge < -0.3 is 10.5 Å². The van der Waals surface area contributed by atoms with Gasteiger partial charge in [-0.15, -0.1) is 0 Å². The van der Waals surface area contributed by atoms with Gasteiger partial charge in [-0.3, -0.25) is 29.4 Å². The Kier molecular flexibility index (Phi) is 6.53. The molecule has 3 rings (SSSR count). The van der Waals surface area contributed by atoms with Gasteiger partial charge in [-0.05, 0) is 42.1 Å². The molecule has 1 heterocycles. The maximum atomic E-state index is 12.4. The summed E-state index contributed by atoms with van der Waals surface area (Å²) < 4.78 is 6.47. The van der Waals surface area contributed by atoms with Gasteiger partial charge in [-0.1, -0.05) is 28.1 Å². The third-order valence-corrected chi connectivity index (χ3v) is 5.42. The number of ether oxygens (including phenoxy) is 1. The van der Waals surface area contributed by atoms with Crippen LogP contribution in [-0.2, 0) is 16.2 Å². The summed E-state index contributed by atoms with van der Waals surface area (Å²) in [6.45, 7) is -0.565. The van der Waals surface area contributed by atoms with Gasteiger partial charge in [-0.25, -0.2) is 0 Å². The van der Waals surface area contributed by atoms with Gasteiger partial charge in [0, 0.05) is 16.1 Å². The highest BCUT2D eigenvalue weighted by Crippen LogP contribution is 2.35. The predicted molar refractivity (Wildman–Crippen MR) is 113 cm³/mol. The van der Waals surface area contributed by atoms with E-state index in [1.54, 1.807) is 36.4 Å². The van der Waals surface area contributed by atoms with Crippen molar-refractivity contribution in [1.29, 1.82) is 0 Å². The Morgan fingerprint density at radius 1 is 1.27 bits per heavy atom. The zero-order valence-corrected chi connectivity index (χ0v) is 17.6. The largest absolute Gasteiger partial charge is 0.488 e. The molecule has 0 radical (unpaired) electrons. The third kappa shape index (κ3) is 4.86. The van der Waals surface area contributed by atoms with Crippen LogP contribution >= 0.6 is 27.7 Å². The highest BCUT2D eigenvalue weighted by Gasteiger charge is 2.36. The lowest BCUT2D eigenvalue weighted by molar-refractivity contribution is -0.385. The Bertz CT molecular complexity index is 1090. The van der Waals surface area contributed by atoms with Gasteiger partial charge in [0.2, 0.25) is 5.91 Å². The third-order valence-electron chi connectivity index (χ3n) is 4.02. The number of benzene rings is 2. The van der Waals surface area contributed by atoms with E-state index in [2.05, 4.69) is 15.9 Å². The van der Waals surface area contributed by atoms with E-state index in [1.165, 1.54) is 12.1 Å². The lowest BCUT2D eigenvalue weighted by Gasteiger charge is -2.11. The van der Waals surface area contributed by atoms with E-state index >= 15 is 0 Å². The summed E-state index contributed by atoms with van der Waals surface area (Å²) in [6, 6.07) is 11.2. The highest BCUT2D eigenvalue weighted by atomic mass is 79.9. The molecule has 1 aliphatic rings. The number of hydrogen-bond acceptors (Lipinski definition) is 7. The molecule has 2 aromatic carbocycles. The Balaban J connectivity index is 1.87. The maximum absolute atomic E-state index is 12.4. The van der Waals surface area contributed by atoms with Crippen LogP contribution in [0, 0.1) is 10.1 Å². The number of amides is 3. The van der Waals surface area contributed by atoms with Crippen molar-refractivity contribution in [3.05, 3.63) is 73.1 Å². The zero-order chi connectivity index (χ0) is 21.8. The van der Waals surface area contributed by atoms with Crippen LogP contribution in [0.2, 0.25) is 0 Å². The number of carbonyl (C=O) groups excluding carboxylic acids is 3. The van der Waals surface area contributed by atoms with Crippen molar-refractivity contribution in [2.24, 2.45) is 5.73 Å². The number of para-hydroxylation sites is 1. The number of rotatable bonds is 7. The summed E-state index contributed by atoms with van der Waals surface area (Å²) in [7, 11) is 0. The smallest absolute Gasteiger partial charge is 0.294 e. The van der Waals surface area contributed by atoms with E-state index < -0.39 is 28.5 Å². The Labute approximate surface area is 183 Å². The lowest BCUT2D eigenvalue weighted by atomic mass is 10.1. The fourth-order valence-electron chi connectivity index (χ4n) is 2.66. The number of imide groups is 1. The molecular formula is C19H14BrN3O6S. The molecule has 2 N–H and O–H groups in total. The van der Waals surface area contributed by atoms with Crippen LogP contribution < -0.4 is 10.5 Å². The topological polar surface area (TPSA) is 133 Å². The molecule has 0 saturated carbocycles. The molecule has 1 saturated heterocycles. The quantitative estimate of drug-likeness (QED) is 0.356. The summed E-state index contributed by atoms with van der Waals surface area (Å²) in [5.74, 6) is -1.07. The maximum Gasteiger partial charge on any atom is 0.294 e. The molecule has 3 amide bonds. The number of thioether (sulfide) groups is 1. The number of primary amides is 1. The van der Waals surface area contributed by atoms with Crippen molar-refractivity contribution in [2.75, 3.05) is 6.54 Å². The van der Waals surface area contributed by atoms with Crippen LogP contribution in [0.15, 0.2) is 51.8 Å². The van der Waals surface area contributed by atoms with Gasteiger partial charge in [0.05, 0.1) is 15.4 Å². The van der Waals surface area contributed by atoms with Crippen molar-refractivity contribution < 1.29 is 24.0 Å². The predicted octanol–water partition coefficient (Wildman–Crippen LogP) is 3.46. The first-order chi connectivity index (χ1) is 14.3. The van der Waals surface area contributed by atoms with Crippen LogP contribution in [-0.4, -0.2) is 33.4 Å². The molecule has 154 valence electrons. The second-order valence-electron chi connectivity index (χ2n) is 6.09. The normalized spacial score (nSPS) is 15.0. The first-order valence-corrected chi connectivity index (χ1v) is 10.1. The number of nitro benzene ring substituents is 1. The summed E-state index contributed by atoms with van der Waals surface area (Å²) in [4.78, 5) is 47.1. The van der Waals surface area contributed by atoms with Gasteiger partial charge >= 0.3 is 0 Å². The van der Waals surface area contributed by atoms with E-state index in [0.29, 0.717) is 33.1 Å². The fraction of sp³-hybridized carbons (Fsp3) is 0.105. The monoisotopic (exact) mass is 491 g/mol. The molecule has 11 heteroatoms. The number of halogens is 1. The van der Waals surface area contributed by atoms with Crippen molar-refractivity contribution in [3.8, 4) is 5.75 Å². The average Bonchev–Trinajstić information content (AvgIpc) is 2.94. The second-order valence-corrected chi connectivity index (χ2v) is 8.00. The Hall–Kier alpha value is -3.18. The summed E-state index contributed by atoms with van der Waals surface area (Å²) in [5, 5.41) is 10.6. The molecule has 0 aliphatic carbocycles. The lowest BCUT2D eigenvalue weighted by Crippen LogP contribution is -2.36. The number of hydrogen-bond donors (Lipinski definition) is 1. The van der Waals surface area contributed by atoms with Gasteiger partial charge in [0.1, 0.15) is 18.9 Å². The van der Waals surface area contributed by atoms with Gasteiger partial charge in [0.25, 0.3) is 16.8 Å². The van der Waals surface area contributed by atoms with Crippen LogP contribution in [0.4, 0.5) is 10.5 Å². The fourth-order valence-corrected chi connectivity index (χ4v) is 3.87. The molecule has 1 aliphatic heterocycles. The minimum atomic E-state index is -0.797. The van der Waals surface area contributed by atoms with E-state index in [1.807, 2.05) is 0 Å². The van der Waals surface area contributed by atoms with Crippen LogP contribution in [0.25, 0.3) is 6.08 Å². The molecular weight excluding hydrogens is 478 g/mol. The molecule has 0 unspecified atom stereocenters. The molecule has 0 atom stereocenters. The first-order valence-electron chi connectivity index (χ1n) is 8.44. The van der Waals surface area contributed by atoms with Crippen LogP contribution in [0.1, 0.15) is 11.1 Å². The number of nitrogens with two attached hydrogens (primary N) is 1. The Morgan fingerprint density at radius 3 is 2.70 bits per heavy atom. The summed E-state index contributed by atoms with van der Waals surface area (Å²) in [5.41, 5.74) is 5.88. The van der Waals surface area contributed by atoms with Crippen molar-refractivity contribution in [1.82, 2.24) is 4.90 Å². The molecule has 0 aromatic heterocycles. The molecule has 1 fully saturated rings. The minimum Gasteiger partial charge on any atom is -0.488 e. The van der Waals surface area contributed by atoms with Crippen molar-refractivity contribution in [2.45, 2.75) is 6.61 Å². The molecule has 9 nitrogen and oxygen atoms in total. The molecule has 0 spiro atoms. The number of nitrogens with zero attached hydrogens (tertiary/aromatic N) is 2. The van der Waals surface area contributed by atoms with E-state index in [9.17, 15) is 24.5 Å².